The topological polar surface area (TPSA) is 86.8 Å². The maximum Gasteiger partial charge on any atom is 0.264 e. The van der Waals surface area contributed by atoms with Crippen LogP contribution in [0.2, 0.25) is 5.02 Å². The van der Waals surface area contributed by atoms with Crippen molar-refractivity contribution in [3.63, 3.8) is 0 Å². The number of sulfonamides is 1. The standard InChI is InChI=1S/C27H29BrClN3O4S/c1-18-11-13-23(14-12-18)37(35,36)32(25-10-6-9-24(29)19(25)2)17-26(33)31(20(3)27(34)30-4)16-21-7-5-8-22(28)15-21/h5-15,20H,16-17H2,1-4H3,(H,30,34)/t20-/m0/s1. The van der Waals surface area contributed by atoms with E-state index < -0.39 is 28.5 Å². The summed E-state index contributed by atoms with van der Waals surface area (Å²) in [5.74, 6) is -0.902. The molecule has 196 valence electrons. The van der Waals surface area contributed by atoms with E-state index >= 15 is 0 Å². The van der Waals surface area contributed by atoms with Crippen LogP contribution in [0.4, 0.5) is 5.69 Å². The predicted octanol–water partition coefficient (Wildman–Crippen LogP) is 5.08. The smallest absolute Gasteiger partial charge is 0.264 e. The first-order valence-electron chi connectivity index (χ1n) is 11.6. The molecule has 37 heavy (non-hydrogen) atoms. The van der Waals surface area contributed by atoms with Gasteiger partial charge in [-0.3, -0.25) is 13.9 Å². The van der Waals surface area contributed by atoms with Crippen molar-refractivity contribution in [2.24, 2.45) is 0 Å². The molecule has 1 atom stereocenters. The molecule has 0 aliphatic rings. The molecule has 0 saturated carbocycles. The van der Waals surface area contributed by atoms with Crippen molar-refractivity contribution in [1.29, 1.82) is 0 Å². The van der Waals surface area contributed by atoms with Gasteiger partial charge in [0.25, 0.3) is 10.0 Å². The molecule has 2 amide bonds. The van der Waals surface area contributed by atoms with E-state index in [2.05, 4.69) is 21.2 Å². The van der Waals surface area contributed by atoms with Gasteiger partial charge < -0.3 is 10.2 Å². The normalized spacial score (nSPS) is 12.1. The number of halogens is 2. The highest BCUT2D eigenvalue weighted by molar-refractivity contribution is 9.10. The highest BCUT2D eigenvalue weighted by Crippen LogP contribution is 2.31. The zero-order valence-corrected chi connectivity index (χ0v) is 24.2. The lowest BCUT2D eigenvalue weighted by atomic mass is 10.1. The van der Waals surface area contributed by atoms with E-state index in [1.165, 1.54) is 24.1 Å². The molecule has 0 aliphatic heterocycles. The summed E-state index contributed by atoms with van der Waals surface area (Å²) in [5, 5.41) is 2.94. The number of aryl methyl sites for hydroxylation is 1. The first kappa shape index (κ1) is 28.7. The Morgan fingerprint density at radius 2 is 1.68 bits per heavy atom. The number of anilines is 1. The van der Waals surface area contributed by atoms with Crippen LogP contribution >= 0.6 is 27.5 Å². The Labute approximate surface area is 231 Å². The highest BCUT2D eigenvalue weighted by atomic mass is 79.9. The Hall–Kier alpha value is -2.88. The second-order valence-corrected chi connectivity index (χ2v) is 11.8. The van der Waals surface area contributed by atoms with Crippen molar-refractivity contribution < 1.29 is 18.0 Å². The molecule has 0 aliphatic carbocycles. The summed E-state index contributed by atoms with van der Waals surface area (Å²) in [4.78, 5) is 27.8. The molecule has 0 unspecified atom stereocenters. The fourth-order valence-corrected chi connectivity index (χ4v) is 5.93. The van der Waals surface area contributed by atoms with Crippen LogP contribution in [0.1, 0.15) is 23.6 Å². The number of nitrogens with one attached hydrogen (secondary N) is 1. The molecule has 0 saturated heterocycles. The molecule has 7 nitrogen and oxygen atoms in total. The van der Waals surface area contributed by atoms with Crippen LogP contribution < -0.4 is 9.62 Å². The fourth-order valence-electron chi connectivity index (χ4n) is 3.84. The van der Waals surface area contributed by atoms with Crippen LogP contribution in [0.5, 0.6) is 0 Å². The van der Waals surface area contributed by atoms with Gasteiger partial charge in [0.15, 0.2) is 0 Å². The van der Waals surface area contributed by atoms with Gasteiger partial charge in [-0.2, -0.15) is 0 Å². The Balaban J connectivity index is 2.08. The van der Waals surface area contributed by atoms with Crippen LogP contribution in [0.15, 0.2) is 76.1 Å². The molecule has 10 heteroatoms. The van der Waals surface area contributed by atoms with Gasteiger partial charge >= 0.3 is 0 Å². The average Bonchev–Trinajstić information content (AvgIpc) is 2.87. The van der Waals surface area contributed by atoms with Gasteiger partial charge in [-0.25, -0.2) is 8.42 Å². The molecule has 0 heterocycles. The molecule has 0 fully saturated rings. The minimum atomic E-state index is -4.15. The summed E-state index contributed by atoms with van der Waals surface area (Å²) in [5.41, 5.74) is 2.49. The van der Waals surface area contributed by atoms with Gasteiger partial charge in [0.05, 0.1) is 10.6 Å². The molecule has 0 bridgehead atoms. The second-order valence-electron chi connectivity index (χ2n) is 8.65. The van der Waals surface area contributed by atoms with Crippen LogP contribution in [0.25, 0.3) is 0 Å². The largest absolute Gasteiger partial charge is 0.357 e. The maximum absolute atomic E-state index is 13.9. The average molecular weight is 607 g/mol. The van der Waals surface area contributed by atoms with Gasteiger partial charge in [-0.15, -0.1) is 0 Å². The van der Waals surface area contributed by atoms with E-state index in [9.17, 15) is 18.0 Å². The molecule has 3 aromatic carbocycles. The van der Waals surface area contributed by atoms with Gasteiger partial charge in [0, 0.05) is 23.1 Å². The Bertz CT molecular complexity index is 1400. The van der Waals surface area contributed by atoms with Crippen LogP contribution in [-0.4, -0.2) is 44.8 Å². The molecular weight excluding hydrogens is 578 g/mol. The first-order chi connectivity index (χ1) is 17.4. The minimum Gasteiger partial charge on any atom is -0.357 e. The maximum atomic E-state index is 13.9. The van der Waals surface area contributed by atoms with E-state index in [-0.39, 0.29) is 23.0 Å². The van der Waals surface area contributed by atoms with Crippen molar-refractivity contribution in [1.82, 2.24) is 10.2 Å². The van der Waals surface area contributed by atoms with Gasteiger partial charge in [-0.05, 0) is 68.3 Å². The molecule has 1 N–H and O–H groups in total. The zero-order valence-electron chi connectivity index (χ0n) is 21.0. The summed E-state index contributed by atoms with van der Waals surface area (Å²) < 4.78 is 29.6. The summed E-state index contributed by atoms with van der Waals surface area (Å²) in [6.07, 6.45) is 0. The minimum absolute atomic E-state index is 0.0446. The number of likely N-dealkylation sites (N-methyl/N-ethyl adjacent to an activating group) is 1. The number of carbonyl (C=O) groups is 2. The summed E-state index contributed by atoms with van der Waals surface area (Å²) in [7, 11) is -2.66. The molecule has 3 aromatic rings. The molecule has 0 spiro atoms. The van der Waals surface area contributed by atoms with Crippen molar-refractivity contribution in [2.75, 3.05) is 17.9 Å². The quantitative estimate of drug-likeness (QED) is 0.368. The van der Waals surface area contributed by atoms with E-state index in [4.69, 9.17) is 11.6 Å². The van der Waals surface area contributed by atoms with Crippen LogP contribution in [0, 0.1) is 13.8 Å². The third kappa shape index (κ3) is 6.71. The number of hydrogen-bond donors (Lipinski definition) is 1. The molecule has 0 aromatic heterocycles. The summed E-state index contributed by atoms with van der Waals surface area (Å²) in [6.45, 7) is 4.76. The Morgan fingerprint density at radius 1 is 1.03 bits per heavy atom. The molecular formula is C27H29BrClN3O4S. The van der Waals surface area contributed by atoms with E-state index in [1.807, 2.05) is 31.2 Å². The van der Waals surface area contributed by atoms with Gasteiger partial charge in [-0.1, -0.05) is 63.4 Å². The predicted molar refractivity (Wildman–Crippen MR) is 150 cm³/mol. The Morgan fingerprint density at radius 3 is 2.30 bits per heavy atom. The monoisotopic (exact) mass is 605 g/mol. The Kier molecular flexibility index (Phi) is 9.39. The highest BCUT2D eigenvalue weighted by Gasteiger charge is 2.33. The lowest BCUT2D eigenvalue weighted by molar-refractivity contribution is -0.139. The van der Waals surface area contributed by atoms with Crippen LogP contribution in [-0.2, 0) is 26.2 Å². The van der Waals surface area contributed by atoms with E-state index in [0.29, 0.717) is 10.6 Å². The number of amides is 2. The number of benzene rings is 3. The number of nitrogens with zero attached hydrogens (tertiary/aromatic N) is 2. The van der Waals surface area contributed by atoms with Crippen molar-refractivity contribution in [3.8, 4) is 0 Å². The summed E-state index contributed by atoms with van der Waals surface area (Å²) in [6, 6.07) is 17.8. The van der Waals surface area contributed by atoms with Crippen LogP contribution in [0.3, 0.4) is 0 Å². The van der Waals surface area contributed by atoms with Crippen molar-refractivity contribution >= 4 is 55.1 Å². The van der Waals surface area contributed by atoms with E-state index in [0.717, 1.165) is 19.9 Å². The third-order valence-corrected chi connectivity index (χ3v) is 8.73. The SMILES string of the molecule is CNC(=O)[C@H](C)N(Cc1cccc(Br)c1)C(=O)CN(c1cccc(Cl)c1C)S(=O)(=O)c1ccc(C)cc1. The number of carbonyl (C=O) groups excluding carboxylic acids is 2. The van der Waals surface area contributed by atoms with Crippen molar-refractivity contribution in [2.45, 2.75) is 38.3 Å². The van der Waals surface area contributed by atoms with E-state index in [1.54, 1.807) is 44.2 Å². The molecule has 0 radical (unpaired) electrons. The van der Waals surface area contributed by atoms with Gasteiger partial charge in [0.2, 0.25) is 11.8 Å². The van der Waals surface area contributed by atoms with Crippen molar-refractivity contribution in [3.05, 3.63) is 92.9 Å². The third-order valence-electron chi connectivity index (χ3n) is 6.05. The lowest BCUT2D eigenvalue weighted by Crippen LogP contribution is -2.50. The van der Waals surface area contributed by atoms with Gasteiger partial charge in [0.1, 0.15) is 12.6 Å². The first-order valence-corrected chi connectivity index (χ1v) is 14.2. The number of rotatable bonds is 9. The zero-order chi connectivity index (χ0) is 27.3. The fraction of sp³-hybridized carbons (Fsp3) is 0.259. The summed E-state index contributed by atoms with van der Waals surface area (Å²) >= 11 is 9.76. The molecule has 3 rings (SSSR count). The second kappa shape index (κ2) is 12.1. The number of hydrogen-bond acceptors (Lipinski definition) is 4. The lowest BCUT2D eigenvalue weighted by Gasteiger charge is -2.32.